The summed E-state index contributed by atoms with van der Waals surface area (Å²) < 4.78 is 9.75. The van der Waals surface area contributed by atoms with Gasteiger partial charge in [0.15, 0.2) is 0 Å². The van der Waals surface area contributed by atoms with Crippen molar-refractivity contribution in [3.8, 4) is 17.3 Å². The monoisotopic (exact) mass is 935 g/mol. The van der Waals surface area contributed by atoms with Crippen LogP contribution in [0, 0.1) is 10.8 Å². The SMILES string of the molecule is CC(C)(C)C1=C(C(C)(C)C)N(c2cc(C(C)(C)C)cc(C(C)(C)C)c2)CN1c1cc(Oc2cc(C(C)(C)c3ccccc3)c3c4ccccc4n(-c4cc(C(C)(C)C)ccn4)c3c2)cc(C(C)(C)C)c1. The predicted molar refractivity (Wildman–Crippen MR) is 301 cm³/mol. The third-order valence-electron chi connectivity index (χ3n) is 14.5. The van der Waals surface area contributed by atoms with Crippen LogP contribution in [0.3, 0.4) is 0 Å². The zero-order valence-corrected chi connectivity index (χ0v) is 46.5. The number of ether oxygens (including phenoxy) is 1. The van der Waals surface area contributed by atoms with Crippen molar-refractivity contribution in [1.29, 1.82) is 0 Å². The summed E-state index contributed by atoms with van der Waals surface area (Å²) in [6.07, 6.45) is 1.96. The van der Waals surface area contributed by atoms with Gasteiger partial charge in [-0.25, -0.2) is 4.98 Å². The molecule has 0 saturated heterocycles. The molecule has 5 heteroatoms. The molecule has 5 nitrogen and oxygen atoms in total. The molecule has 70 heavy (non-hydrogen) atoms. The molecule has 5 aromatic carbocycles. The largest absolute Gasteiger partial charge is 0.457 e. The molecule has 0 fully saturated rings. The van der Waals surface area contributed by atoms with Gasteiger partial charge in [0.05, 0.1) is 17.7 Å². The Morgan fingerprint density at radius 1 is 0.414 bits per heavy atom. The van der Waals surface area contributed by atoms with Gasteiger partial charge < -0.3 is 14.5 Å². The molecular weight excluding hydrogens is 853 g/mol. The normalized spacial score (nSPS) is 14.7. The van der Waals surface area contributed by atoms with E-state index in [0.717, 1.165) is 34.0 Å². The minimum Gasteiger partial charge on any atom is -0.457 e. The van der Waals surface area contributed by atoms with Gasteiger partial charge in [-0.2, -0.15) is 0 Å². The van der Waals surface area contributed by atoms with Crippen molar-refractivity contribution in [3.63, 3.8) is 0 Å². The second-order valence-corrected chi connectivity index (χ2v) is 26.9. The Morgan fingerprint density at radius 2 is 0.900 bits per heavy atom. The molecule has 0 unspecified atom stereocenters. The third-order valence-corrected chi connectivity index (χ3v) is 14.5. The van der Waals surface area contributed by atoms with Crippen molar-refractivity contribution < 1.29 is 4.74 Å². The van der Waals surface area contributed by atoms with Crippen LogP contribution in [0.2, 0.25) is 0 Å². The van der Waals surface area contributed by atoms with Crippen LogP contribution in [0.15, 0.2) is 133 Å². The lowest BCUT2D eigenvalue weighted by molar-refractivity contribution is 0.444. The lowest BCUT2D eigenvalue weighted by atomic mass is 9.76. The third kappa shape index (κ3) is 9.67. The summed E-state index contributed by atoms with van der Waals surface area (Å²) in [5, 5.41) is 2.40. The number of para-hydroxylation sites is 1. The van der Waals surface area contributed by atoms with Crippen molar-refractivity contribution in [2.45, 2.75) is 166 Å². The first-order chi connectivity index (χ1) is 32.2. The molecule has 8 rings (SSSR count). The molecular formula is C65H82N4O. The molecule has 7 aromatic rings. The second-order valence-electron chi connectivity index (χ2n) is 26.9. The topological polar surface area (TPSA) is 33.5 Å². The molecule has 0 bridgehead atoms. The fourth-order valence-electron chi connectivity index (χ4n) is 10.4. The van der Waals surface area contributed by atoms with E-state index in [1.54, 1.807) is 0 Å². The second kappa shape index (κ2) is 17.2. The van der Waals surface area contributed by atoms with E-state index in [2.05, 4.69) is 268 Å². The summed E-state index contributed by atoms with van der Waals surface area (Å²) in [5.41, 5.74) is 13.9. The van der Waals surface area contributed by atoms with Crippen LogP contribution in [-0.4, -0.2) is 16.2 Å². The number of hydrogen-bond acceptors (Lipinski definition) is 4. The molecule has 0 aliphatic carbocycles. The number of fused-ring (bicyclic) bond motifs is 3. The molecule has 1 aliphatic rings. The maximum absolute atomic E-state index is 7.40. The van der Waals surface area contributed by atoms with Gasteiger partial charge in [0.2, 0.25) is 0 Å². The molecule has 0 saturated carbocycles. The van der Waals surface area contributed by atoms with E-state index in [0.29, 0.717) is 6.67 Å². The van der Waals surface area contributed by atoms with Gasteiger partial charge in [0.25, 0.3) is 0 Å². The summed E-state index contributed by atoms with van der Waals surface area (Å²) in [7, 11) is 0. The van der Waals surface area contributed by atoms with Crippen LogP contribution in [0.4, 0.5) is 11.4 Å². The van der Waals surface area contributed by atoms with Gasteiger partial charge >= 0.3 is 0 Å². The smallest absolute Gasteiger partial charge is 0.137 e. The quantitative estimate of drug-likeness (QED) is 0.159. The van der Waals surface area contributed by atoms with E-state index in [9.17, 15) is 0 Å². The Balaban J connectivity index is 1.37. The fraction of sp³-hybridized carbons (Fsp3) is 0.431. The number of hydrogen-bond donors (Lipinski definition) is 0. The standard InChI is InChI=1S/C65H82N4O/c1-59(2,3)43-30-31-66-55(37-43)69-53-29-25-24-28-51(53)56-52(65(19,20)42-26-22-21-23-27-42)39-50(40-54(56)69)70-49-36-46(62(10,11)12)35-48(38-49)68-41-67(57(63(13,14)15)58(68)64(16,17)18)47-33-44(60(4,5)6)32-45(34-47)61(7,8)9/h21-40H,41H2,1-20H3. The molecule has 368 valence electrons. The predicted octanol–water partition coefficient (Wildman–Crippen LogP) is 18.1. The van der Waals surface area contributed by atoms with Crippen LogP contribution < -0.4 is 14.5 Å². The Morgan fingerprint density at radius 3 is 1.43 bits per heavy atom. The van der Waals surface area contributed by atoms with Crippen LogP contribution in [0.5, 0.6) is 11.5 Å². The summed E-state index contributed by atoms with van der Waals surface area (Å²) in [5.74, 6) is 2.50. The van der Waals surface area contributed by atoms with E-state index >= 15 is 0 Å². The van der Waals surface area contributed by atoms with E-state index in [4.69, 9.17) is 9.72 Å². The zero-order chi connectivity index (χ0) is 51.3. The maximum Gasteiger partial charge on any atom is 0.137 e. The van der Waals surface area contributed by atoms with Crippen molar-refractivity contribution in [2.24, 2.45) is 10.8 Å². The van der Waals surface area contributed by atoms with Crippen LogP contribution >= 0.6 is 0 Å². The first kappa shape index (κ1) is 50.6. The molecule has 2 aromatic heterocycles. The summed E-state index contributed by atoms with van der Waals surface area (Å²) in [4.78, 5) is 10.3. The highest BCUT2D eigenvalue weighted by Gasteiger charge is 2.43. The number of nitrogens with zero attached hydrogens (tertiary/aromatic N) is 4. The number of benzene rings is 5. The van der Waals surface area contributed by atoms with Gasteiger partial charge in [-0.1, -0.05) is 193 Å². The van der Waals surface area contributed by atoms with E-state index in [1.165, 1.54) is 61.2 Å². The van der Waals surface area contributed by atoms with Crippen LogP contribution in [0.25, 0.3) is 27.6 Å². The number of pyridine rings is 1. The molecule has 1 aliphatic heterocycles. The van der Waals surface area contributed by atoms with Crippen molar-refractivity contribution in [2.75, 3.05) is 16.5 Å². The first-order valence-corrected chi connectivity index (χ1v) is 25.6. The number of aromatic nitrogens is 2. The Bertz CT molecular complexity index is 3090. The minimum absolute atomic E-state index is 0.0122. The lowest BCUT2D eigenvalue weighted by Gasteiger charge is -2.35. The number of allylic oxidation sites excluding steroid dienone is 2. The van der Waals surface area contributed by atoms with Crippen LogP contribution in [0.1, 0.15) is 172 Å². The van der Waals surface area contributed by atoms with Crippen molar-refractivity contribution in [1.82, 2.24) is 9.55 Å². The molecule has 0 radical (unpaired) electrons. The van der Waals surface area contributed by atoms with Gasteiger partial charge in [-0.05, 0) is 104 Å². The minimum atomic E-state index is -0.376. The Hall–Kier alpha value is -5.81. The first-order valence-electron chi connectivity index (χ1n) is 25.6. The molecule has 0 amide bonds. The van der Waals surface area contributed by atoms with Gasteiger partial charge in [0.1, 0.15) is 17.3 Å². The van der Waals surface area contributed by atoms with Gasteiger partial charge in [-0.3, -0.25) is 4.57 Å². The zero-order valence-electron chi connectivity index (χ0n) is 46.5. The number of anilines is 2. The fourth-order valence-corrected chi connectivity index (χ4v) is 10.4. The highest BCUT2D eigenvalue weighted by molar-refractivity contribution is 6.11. The van der Waals surface area contributed by atoms with Crippen molar-refractivity contribution >= 4 is 33.2 Å². The molecule has 0 atom stereocenters. The van der Waals surface area contributed by atoms with Crippen molar-refractivity contribution in [3.05, 3.63) is 166 Å². The average Bonchev–Trinajstić information content (AvgIpc) is 3.83. The van der Waals surface area contributed by atoms with Gasteiger partial charge in [0, 0.05) is 68.1 Å². The maximum atomic E-state index is 7.40. The summed E-state index contributed by atoms with van der Waals surface area (Å²) >= 11 is 0. The number of rotatable bonds is 7. The Labute approximate surface area is 422 Å². The van der Waals surface area contributed by atoms with E-state index in [-0.39, 0.29) is 37.9 Å². The lowest BCUT2D eigenvalue weighted by Crippen LogP contribution is -2.32. The summed E-state index contributed by atoms with van der Waals surface area (Å²) in [6, 6.07) is 42.9. The molecule has 0 spiro atoms. The highest BCUT2D eigenvalue weighted by atomic mass is 16.5. The van der Waals surface area contributed by atoms with Crippen LogP contribution in [-0.2, 0) is 27.1 Å². The molecule has 0 N–H and O–H groups in total. The van der Waals surface area contributed by atoms with E-state index < -0.39 is 0 Å². The Kier molecular flexibility index (Phi) is 12.4. The average molecular weight is 935 g/mol. The van der Waals surface area contributed by atoms with Gasteiger partial charge in [-0.15, -0.1) is 0 Å². The summed E-state index contributed by atoms with van der Waals surface area (Å²) in [6.45, 7) is 47.3. The van der Waals surface area contributed by atoms with E-state index in [1.807, 2.05) is 6.20 Å². The highest BCUT2D eigenvalue weighted by Crippen LogP contribution is 2.51. The molecule has 3 heterocycles.